The van der Waals surface area contributed by atoms with Crippen LogP contribution in [0.1, 0.15) is 34.9 Å². The van der Waals surface area contributed by atoms with Crippen molar-refractivity contribution in [2.45, 2.75) is 25.3 Å². The second kappa shape index (κ2) is 8.13. The van der Waals surface area contributed by atoms with E-state index in [0.717, 1.165) is 37.2 Å². The zero-order valence-corrected chi connectivity index (χ0v) is 15.1. The smallest absolute Gasteiger partial charge is 0.273 e. The largest absolute Gasteiger partial charge is 0.350 e. The number of rotatable bonds is 6. The summed E-state index contributed by atoms with van der Waals surface area (Å²) in [5.74, 6) is -0.189. The second-order valence-corrected chi connectivity index (χ2v) is 6.70. The van der Waals surface area contributed by atoms with E-state index in [1.165, 1.54) is 0 Å². The summed E-state index contributed by atoms with van der Waals surface area (Å²) >= 11 is 0. The van der Waals surface area contributed by atoms with E-state index in [1.54, 1.807) is 6.20 Å². The zero-order valence-electron chi connectivity index (χ0n) is 15.1. The molecule has 1 fully saturated rings. The van der Waals surface area contributed by atoms with Crippen LogP contribution in [-0.4, -0.2) is 50.3 Å². The first-order valence-corrected chi connectivity index (χ1v) is 9.29. The highest BCUT2D eigenvalue weighted by molar-refractivity contribution is 5.91. The Balaban J connectivity index is 1.29. The third-order valence-electron chi connectivity index (χ3n) is 4.78. The Bertz CT molecular complexity index is 880. The van der Waals surface area contributed by atoms with E-state index in [-0.39, 0.29) is 5.91 Å². The van der Waals surface area contributed by atoms with Gasteiger partial charge in [0.25, 0.3) is 5.91 Å². The lowest BCUT2D eigenvalue weighted by molar-refractivity contribution is 0.0949. The molecule has 8 heteroatoms. The number of piperidine rings is 1. The topological polar surface area (TPSA) is 89.7 Å². The number of nitrogens with zero attached hydrogens (tertiary/aromatic N) is 5. The molecule has 8 nitrogen and oxygen atoms in total. The molecule has 0 aliphatic carbocycles. The van der Waals surface area contributed by atoms with Gasteiger partial charge in [0, 0.05) is 12.7 Å². The maximum Gasteiger partial charge on any atom is 0.273 e. The molecule has 2 N–H and O–H groups in total. The van der Waals surface area contributed by atoms with E-state index in [9.17, 15) is 4.79 Å². The summed E-state index contributed by atoms with van der Waals surface area (Å²) in [5, 5.41) is 18.8. The van der Waals surface area contributed by atoms with E-state index in [0.29, 0.717) is 24.7 Å². The van der Waals surface area contributed by atoms with Gasteiger partial charge in [-0.15, -0.1) is 5.10 Å². The van der Waals surface area contributed by atoms with Gasteiger partial charge in [0.05, 0.1) is 24.1 Å². The van der Waals surface area contributed by atoms with E-state index in [1.807, 2.05) is 52.1 Å². The maximum absolute atomic E-state index is 12.3. The third-order valence-corrected chi connectivity index (χ3v) is 4.78. The third kappa shape index (κ3) is 4.22. The molecular formula is C19H23N7O. The molecule has 1 saturated heterocycles. The number of carbonyl (C=O) groups is 1. The molecule has 2 aromatic heterocycles. The first-order chi connectivity index (χ1) is 13.3. The van der Waals surface area contributed by atoms with Crippen molar-refractivity contribution in [2.75, 3.05) is 19.6 Å². The van der Waals surface area contributed by atoms with Crippen molar-refractivity contribution in [3.05, 3.63) is 60.2 Å². The molecule has 3 aromatic rings. The Morgan fingerprint density at radius 2 is 2.00 bits per heavy atom. The molecule has 0 bridgehead atoms. The minimum Gasteiger partial charge on any atom is -0.350 e. The van der Waals surface area contributed by atoms with Gasteiger partial charge in [-0.1, -0.05) is 23.4 Å². The fraction of sp³-hybridized carbons (Fsp3) is 0.368. The Labute approximate surface area is 157 Å². The number of hydrogen-bond acceptors (Lipinski definition) is 5. The van der Waals surface area contributed by atoms with Crippen LogP contribution in [0.15, 0.2) is 48.9 Å². The average molecular weight is 365 g/mol. The van der Waals surface area contributed by atoms with Crippen molar-refractivity contribution in [3.8, 4) is 5.69 Å². The van der Waals surface area contributed by atoms with Gasteiger partial charge in [0.2, 0.25) is 0 Å². The highest BCUT2D eigenvalue weighted by atomic mass is 16.2. The molecule has 3 heterocycles. The molecule has 0 saturated carbocycles. The van der Waals surface area contributed by atoms with Crippen LogP contribution in [0.5, 0.6) is 0 Å². The molecule has 1 aromatic carbocycles. The normalized spacial score (nSPS) is 15.0. The lowest BCUT2D eigenvalue weighted by atomic mass is 10.1. The Morgan fingerprint density at radius 1 is 1.19 bits per heavy atom. The molecule has 0 atom stereocenters. The van der Waals surface area contributed by atoms with Gasteiger partial charge in [0.1, 0.15) is 0 Å². The number of para-hydroxylation sites is 1. The average Bonchev–Trinajstić information content (AvgIpc) is 3.39. The second-order valence-electron chi connectivity index (χ2n) is 6.70. The van der Waals surface area contributed by atoms with Crippen molar-refractivity contribution < 1.29 is 4.79 Å². The first kappa shape index (κ1) is 17.4. The van der Waals surface area contributed by atoms with Crippen molar-refractivity contribution >= 4 is 5.91 Å². The summed E-state index contributed by atoms with van der Waals surface area (Å²) in [6.07, 6.45) is 8.28. The van der Waals surface area contributed by atoms with Crippen LogP contribution in [-0.2, 0) is 6.42 Å². The van der Waals surface area contributed by atoms with Gasteiger partial charge in [0.15, 0.2) is 5.69 Å². The fourth-order valence-electron chi connectivity index (χ4n) is 3.25. The Hall–Kier alpha value is -3.00. The molecule has 0 spiro atoms. The van der Waals surface area contributed by atoms with E-state index in [2.05, 4.69) is 26.0 Å². The van der Waals surface area contributed by atoms with Gasteiger partial charge < -0.3 is 10.6 Å². The predicted molar refractivity (Wildman–Crippen MR) is 101 cm³/mol. The number of hydrogen-bond donors (Lipinski definition) is 2. The van der Waals surface area contributed by atoms with Gasteiger partial charge in [-0.05, 0) is 50.0 Å². The van der Waals surface area contributed by atoms with Gasteiger partial charge >= 0.3 is 0 Å². The molecule has 0 radical (unpaired) electrons. The van der Waals surface area contributed by atoms with Crippen molar-refractivity contribution in [1.29, 1.82) is 0 Å². The summed E-state index contributed by atoms with van der Waals surface area (Å²) in [4.78, 5) is 12.3. The lowest BCUT2D eigenvalue weighted by Crippen LogP contribution is -2.29. The van der Waals surface area contributed by atoms with Crippen LogP contribution >= 0.6 is 0 Å². The molecule has 1 amide bonds. The van der Waals surface area contributed by atoms with E-state index >= 15 is 0 Å². The highest BCUT2D eigenvalue weighted by Crippen LogP contribution is 2.17. The van der Waals surface area contributed by atoms with Crippen LogP contribution in [0, 0.1) is 0 Å². The SMILES string of the molecule is O=C(NCCc1cnn(-c2ccccc2)c1)c1cn(C2CCNCC2)nn1. The van der Waals surface area contributed by atoms with Gasteiger partial charge in [-0.3, -0.25) is 4.79 Å². The number of aromatic nitrogens is 5. The summed E-state index contributed by atoms with van der Waals surface area (Å²) in [6.45, 7) is 2.48. The van der Waals surface area contributed by atoms with Gasteiger partial charge in [-0.2, -0.15) is 5.10 Å². The summed E-state index contributed by atoms with van der Waals surface area (Å²) in [6, 6.07) is 10.3. The summed E-state index contributed by atoms with van der Waals surface area (Å²) < 4.78 is 3.65. The summed E-state index contributed by atoms with van der Waals surface area (Å²) in [5.41, 5.74) is 2.45. The van der Waals surface area contributed by atoms with Crippen molar-refractivity contribution in [1.82, 2.24) is 35.4 Å². The van der Waals surface area contributed by atoms with Crippen LogP contribution in [0.25, 0.3) is 5.69 Å². The number of benzene rings is 1. The van der Waals surface area contributed by atoms with E-state index in [4.69, 9.17) is 0 Å². The molecule has 1 aliphatic rings. The number of amides is 1. The van der Waals surface area contributed by atoms with Crippen LogP contribution < -0.4 is 10.6 Å². The molecule has 140 valence electrons. The van der Waals surface area contributed by atoms with Crippen LogP contribution in [0.2, 0.25) is 0 Å². The standard InChI is InChI=1S/C19H23N7O/c27-19(18-14-26(24-23-18)17-7-9-20-10-8-17)21-11-6-15-12-22-25(13-15)16-4-2-1-3-5-16/h1-5,12-14,17,20H,6-11H2,(H,21,27). The maximum atomic E-state index is 12.3. The highest BCUT2D eigenvalue weighted by Gasteiger charge is 2.18. The monoisotopic (exact) mass is 365 g/mol. The van der Waals surface area contributed by atoms with Crippen molar-refractivity contribution in [2.24, 2.45) is 0 Å². The van der Waals surface area contributed by atoms with Crippen LogP contribution in [0.3, 0.4) is 0 Å². The Morgan fingerprint density at radius 3 is 2.81 bits per heavy atom. The molecule has 4 rings (SSSR count). The molecule has 0 unspecified atom stereocenters. The minimum atomic E-state index is -0.189. The number of carbonyl (C=O) groups excluding carboxylic acids is 1. The molecule has 27 heavy (non-hydrogen) atoms. The van der Waals surface area contributed by atoms with Gasteiger partial charge in [-0.25, -0.2) is 9.36 Å². The predicted octanol–water partition coefficient (Wildman–Crippen LogP) is 1.36. The lowest BCUT2D eigenvalue weighted by Gasteiger charge is -2.22. The molecule has 1 aliphatic heterocycles. The summed E-state index contributed by atoms with van der Waals surface area (Å²) in [7, 11) is 0. The quantitative estimate of drug-likeness (QED) is 0.688. The number of nitrogens with one attached hydrogen (secondary N) is 2. The van der Waals surface area contributed by atoms with Crippen molar-refractivity contribution in [3.63, 3.8) is 0 Å². The fourth-order valence-corrected chi connectivity index (χ4v) is 3.25. The Kier molecular flexibility index (Phi) is 5.24. The van der Waals surface area contributed by atoms with E-state index < -0.39 is 0 Å². The first-order valence-electron chi connectivity index (χ1n) is 9.29. The molecular weight excluding hydrogens is 342 g/mol. The van der Waals surface area contributed by atoms with Crippen LogP contribution in [0.4, 0.5) is 0 Å². The minimum absolute atomic E-state index is 0.189. The zero-order chi connectivity index (χ0) is 18.5.